The number of fused-ring (bicyclic) bond motifs is 1. The molecule has 2 heterocycles. The molecule has 3 rings (SSSR count). The van der Waals surface area contributed by atoms with Gasteiger partial charge in [0.15, 0.2) is 5.13 Å². The summed E-state index contributed by atoms with van der Waals surface area (Å²) < 4.78 is 27.4. The number of aromatic nitrogens is 1. The van der Waals surface area contributed by atoms with Crippen LogP contribution in [-0.2, 0) is 26.0 Å². The van der Waals surface area contributed by atoms with Crippen molar-refractivity contribution in [3.05, 3.63) is 35.3 Å². The highest BCUT2D eigenvalue weighted by Crippen LogP contribution is 2.33. The zero-order chi connectivity index (χ0) is 19.6. The predicted octanol–water partition coefficient (Wildman–Crippen LogP) is 1.75. The minimum Gasteiger partial charge on any atom is -0.309 e. The van der Waals surface area contributed by atoms with Crippen LogP contribution in [0.3, 0.4) is 0 Å². The Balaban J connectivity index is 1.63. The van der Waals surface area contributed by atoms with Crippen LogP contribution >= 0.6 is 11.3 Å². The Labute approximate surface area is 161 Å². The Bertz CT molecular complexity index is 957. The highest BCUT2D eigenvalue weighted by atomic mass is 32.2. The molecule has 27 heavy (non-hydrogen) atoms. The van der Waals surface area contributed by atoms with Crippen molar-refractivity contribution in [2.45, 2.75) is 37.6 Å². The lowest BCUT2D eigenvalue weighted by atomic mass is 10.1. The van der Waals surface area contributed by atoms with Gasteiger partial charge in [-0.3, -0.25) is 9.59 Å². The number of anilines is 2. The number of thiazole rings is 1. The number of sulfonamides is 1. The molecular formula is C17H20N4O4S2. The van der Waals surface area contributed by atoms with Crippen LogP contribution in [0.15, 0.2) is 34.7 Å². The van der Waals surface area contributed by atoms with E-state index >= 15 is 0 Å². The van der Waals surface area contributed by atoms with Crippen molar-refractivity contribution < 1.29 is 18.0 Å². The van der Waals surface area contributed by atoms with Gasteiger partial charge in [0, 0.05) is 43.2 Å². The average Bonchev–Trinajstić information content (AvgIpc) is 3.20. The first-order valence-electron chi connectivity index (χ1n) is 8.39. The van der Waals surface area contributed by atoms with Crippen LogP contribution in [0.1, 0.15) is 25.8 Å². The van der Waals surface area contributed by atoms with Gasteiger partial charge in [0.1, 0.15) is 0 Å². The summed E-state index contributed by atoms with van der Waals surface area (Å²) in [4.78, 5) is 29.3. The summed E-state index contributed by atoms with van der Waals surface area (Å²) in [5.41, 5.74) is 1.57. The molecule has 0 radical (unpaired) electrons. The number of nitrogens with zero attached hydrogens (tertiary/aromatic N) is 2. The molecule has 0 saturated carbocycles. The van der Waals surface area contributed by atoms with Gasteiger partial charge < -0.3 is 10.2 Å². The molecule has 0 aliphatic carbocycles. The minimum absolute atomic E-state index is 0.00109. The normalized spacial score (nSPS) is 16.2. The number of benzene rings is 1. The van der Waals surface area contributed by atoms with E-state index in [1.54, 1.807) is 28.6 Å². The molecule has 1 atom stereocenters. The van der Waals surface area contributed by atoms with Gasteiger partial charge >= 0.3 is 0 Å². The zero-order valence-corrected chi connectivity index (χ0v) is 16.6. The number of hydrogen-bond acceptors (Lipinski definition) is 6. The average molecular weight is 409 g/mol. The summed E-state index contributed by atoms with van der Waals surface area (Å²) in [5, 5.41) is 4.81. The second-order valence-corrected chi connectivity index (χ2v) is 8.93. The predicted molar refractivity (Wildman–Crippen MR) is 103 cm³/mol. The number of rotatable bonds is 6. The molecule has 1 aromatic carbocycles. The zero-order valence-electron chi connectivity index (χ0n) is 14.9. The number of nitrogens with one attached hydrogen (secondary N) is 2. The van der Waals surface area contributed by atoms with Crippen molar-refractivity contribution in [2.24, 2.45) is 0 Å². The van der Waals surface area contributed by atoms with Gasteiger partial charge in [0.05, 0.1) is 4.90 Å². The summed E-state index contributed by atoms with van der Waals surface area (Å²) in [7, 11) is -3.74. The highest BCUT2D eigenvalue weighted by molar-refractivity contribution is 7.89. The van der Waals surface area contributed by atoms with Crippen molar-refractivity contribution in [3.63, 3.8) is 0 Å². The maximum atomic E-state index is 12.5. The second-order valence-electron chi connectivity index (χ2n) is 6.27. The standard InChI is InChI=1S/C17H20N4O4S2/c1-11-9-13-10-14(3-4-15(13)21(11)12(2)22)27(24,25)19-6-5-16(23)20-17-18-7-8-26-17/h3-4,7-8,10-11,19H,5-6,9H2,1-2H3,(H,18,20,23). The summed E-state index contributed by atoms with van der Waals surface area (Å²) in [6, 6.07) is 4.72. The van der Waals surface area contributed by atoms with Gasteiger partial charge in [-0.1, -0.05) is 0 Å². The van der Waals surface area contributed by atoms with Crippen LogP contribution in [0.5, 0.6) is 0 Å². The van der Waals surface area contributed by atoms with Gasteiger partial charge in [-0.05, 0) is 37.1 Å². The molecule has 1 aromatic heterocycles. The SMILES string of the molecule is CC(=O)N1c2ccc(S(=O)(=O)NCCC(=O)Nc3nccs3)cc2CC1C. The molecule has 1 aliphatic rings. The molecule has 0 spiro atoms. The van der Waals surface area contributed by atoms with Gasteiger partial charge in [-0.15, -0.1) is 11.3 Å². The first-order chi connectivity index (χ1) is 12.8. The van der Waals surface area contributed by atoms with Crippen molar-refractivity contribution in [2.75, 3.05) is 16.8 Å². The molecule has 0 fully saturated rings. The Hall–Kier alpha value is -2.30. The fourth-order valence-electron chi connectivity index (χ4n) is 3.10. The molecular weight excluding hydrogens is 388 g/mol. The van der Waals surface area contributed by atoms with Gasteiger partial charge in [-0.2, -0.15) is 0 Å². The van der Waals surface area contributed by atoms with E-state index in [2.05, 4.69) is 15.0 Å². The number of carbonyl (C=O) groups excluding carboxylic acids is 2. The first kappa shape index (κ1) is 19.5. The smallest absolute Gasteiger partial charge is 0.240 e. The van der Waals surface area contributed by atoms with Gasteiger partial charge in [0.2, 0.25) is 21.8 Å². The largest absolute Gasteiger partial charge is 0.309 e. The molecule has 10 heteroatoms. The van der Waals surface area contributed by atoms with Crippen LogP contribution in [0, 0.1) is 0 Å². The van der Waals surface area contributed by atoms with E-state index in [1.807, 2.05) is 6.92 Å². The molecule has 2 amide bonds. The lowest BCUT2D eigenvalue weighted by molar-refractivity contribution is -0.117. The third kappa shape index (κ3) is 4.34. The van der Waals surface area contributed by atoms with Crippen LogP contribution in [-0.4, -0.2) is 37.8 Å². The third-order valence-electron chi connectivity index (χ3n) is 4.24. The van der Waals surface area contributed by atoms with E-state index in [1.165, 1.54) is 24.3 Å². The summed E-state index contributed by atoms with van der Waals surface area (Å²) in [6.45, 7) is 3.40. The number of carbonyl (C=O) groups is 2. The number of amides is 2. The van der Waals surface area contributed by atoms with Crippen LogP contribution in [0.2, 0.25) is 0 Å². The topological polar surface area (TPSA) is 108 Å². The Morgan fingerprint density at radius 2 is 2.15 bits per heavy atom. The van der Waals surface area contributed by atoms with Gasteiger partial charge in [0.25, 0.3) is 0 Å². The molecule has 1 aliphatic heterocycles. The third-order valence-corrected chi connectivity index (χ3v) is 6.39. The number of hydrogen-bond donors (Lipinski definition) is 2. The van der Waals surface area contributed by atoms with Crippen molar-refractivity contribution in [3.8, 4) is 0 Å². The molecule has 8 nitrogen and oxygen atoms in total. The molecule has 2 aromatic rings. The van der Waals surface area contributed by atoms with E-state index in [0.29, 0.717) is 11.6 Å². The fourth-order valence-corrected chi connectivity index (χ4v) is 4.73. The van der Waals surface area contributed by atoms with Crippen LogP contribution in [0.4, 0.5) is 10.8 Å². The monoisotopic (exact) mass is 408 g/mol. The molecule has 2 N–H and O–H groups in total. The second kappa shape index (κ2) is 7.75. The molecule has 0 saturated heterocycles. The molecule has 144 valence electrons. The lowest BCUT2D eigenvalue weighted by Crippen LogP contribution is -2.33. The maximum Gasteiger partial charge on any atom is 0.240 e. The Kier molecular flexibility index (Phi) is 5.59. The van der Waals surface area contributed by atoms with E-state index in [0.717, 1.165) is 11.3 Å². The minimum atomic E-state index is -3.74. The highest BCUT2D eigenvalue weighted by Gasteiger charge is 2.30. The quantitative estimate of drug-likeness (QED) is 0.757. The maximum absolute atomic E-state index is 12.5. The van der Waals surface area contributed by atoms with E-state index in [-0.39, 0.29) is 35.7 Å². The summed E-state index contributed by atoms with van der Waals surface area (Å²) in [6.07, 6.45) is 2.18. The molecule has 1 unspecified atom stereocenters. The summed E-state index contributed by atoms with van der Waals surface area (Å²) in [5.74, 6) is -0.381. The van der Waals surface area contributed by atoms with E-state index < -0.39 is 10.0 Å². The van der Waals surface area contributed by atoms with Crippen molar-refractivity contribution >= 4 is 44.0 Å². The lowest BCUT2D eigenvalue weighted by Gasteiger charge is -2.20. The van der Waals surface area contributed by atoms with Crippen molar-refractivity contribution in [1.29, 1.82) is 0 Å². The van der Waals surface area contributed by atoms with Crippen LogP contribution in [0.25, 0.3) is 0 Å². The Morgan fingerprint density at radius 3 is 2.81 bits per heavy atom. The fraction of sp³-hybridized carbons (Fsp3) is 0.353. The van der Waals surface area contributed by atoms with E-state index in [4.69, 9.17) is 0 Å². The van der Waals surface area contributed by atoms with Crippen molar-refractivity contribution in [1.82, 2.24) is 9.71 Å². The van der Waals surface area contributed by atoms with Gasteiger partial charge in [-0.25, -0.2) is 18.1 Å². The Morgan fingerprint density at radius 1 is 1.37 bits per heavy atom. The molecule has 0 bridgehead atoms. The van der Waals surface area contributed by atoms with E-state index in [9.17, 15) is 18.0 Å². The first-order valence-corrected chi connectivity index (χ1v) is 10.8. The van der Waals surface area contributed by atoms with Crippen LogP contribution < -0.4 is 14.9 Å². The summed E-state index contributed by atoms with van der Waals surface area (Å²) >= 11 is 1.29.